The van der Waals surface area contributed by atoms with Crippen LogP contribution in [-0.4, -0.2) is 67.3 Å². The van der Waals surface area contributed by atoms with E-state index in [1.807, 2.05) is 19.9 Å². The number of phenols is 2. The standard InChI is InChI=1S/C22H16O12.C15H14O3/c1-8-5-12(24)10(6-23)19-15(8)22(31)34-20-11(7-32-14(27)4-3-13(25)26)17(28)16(21(29)30)9(2)18(20)33-19;1-9(2)7-8-12-13(16)10-5-3-4-6-11(10)14(17)15(12)18/h3-6,24,28H,7H2,1-2H3,(H,25,26)(H,29,30);3-7,16H,8H2,1-2H3. The summed E-state index contributed by atoms with van der Waals surface area (Å²) in [7, 11) is 0. The molecule has 52 heavy (non-hydrogen) atoms. The van der Waals surface area contributed by atoms with Gasteiger partial charge in [0.1, 0.15) is 35.0 Å². The number of aliphatic hydroxyl groups is 1. The summed E-state index contributed by atoms with van der Waals surface area (Å²) in [5.74, 6) is -9.14. The number of carbonyl (C=O) groups excluding carboxylic acids is 5. The smallest absolute Gasteiger partial charge is 0.347 e. The molecule has 5 rings (SSSR count). The summed E-state index contributed by atoms with van der Waals surface area (Å²) in [6.07, 6.45) is 3.41. The predicted molar refractivity (Wildman–Crippen MR) is 179 cm³/mol. The summed E-state index contributed by atoms with van der Waals surface area (Å²) in [6, 6.07) is 7.75. The monoisotopic (exact) mass is 714 g/mol. The van der Waals surface area contributed by atoms with Gasteiger partial charge in [0, 0.05) is 34.4 Å². The maximum absolute atomic E-state index is 12.9. The Kier molecular flexibility index (Phi) is 11.1. The summed E-state index contributed by atoms with van der Waals surface area (Å²) in [5, 5.41) is 49.0. The van der Waals surface area contributed by atoms with Crippen LogP contribution in [0.15, 0.2) is 59.7 Å². The highest BCUT2D eigenvalue weighted by atomic mass is 16.6. The SMILES string of the molecule is CC(C)=CCC1=C(O)c2ccccc2C(=O)C1=O.Cc1cc(O)c(C=O)c2c1C(=O)Oc1c(COC(=O)C=CC(=O)O)c(O)c(C(=O)O)c(C)c1O2. The quantitative estimate of drug-likeness (QED) is 0.0495. The van der Waals surface area contributed by atoms with Crippen LogP contribution in [0.5, 0.6) is 28.7 Å². The number of allylic oxidation sites excluding steroid dienone is 3. The van der Waals surface area contributed by atoms with Crippen molar-refractivity contribution in [3.63, 3.8) is 0 Å². The summed E-state index contributed by atoms with van der Waals surface area (Å²) in [4.78, 5) is 82.4. The van der Waals surface area contributed by atoms with Crippen molar-refractivity contribution in [1.82, 2.24) is 0 Å². The van der Waals surface area contributed by atoms with Crippen molar-refractivity contribution in [2.75, 3.05) is 0 Å². The van der Waals surface area contributed by atoms with Crippen molar-refractivity contribution in [2.24, 2.45) is 0 Å². The van der Waals surface area contributed by atoms with Gasteiger partial charge < -0.3 is 39.7 Å². The van der Waals surface area contributed by atoms with Crippen LogP contribution in [0.25, 0.3) is 5.76 Å². The molecular weight excluding hydrogens is 684 g/mol. The fourth-order valence-corrected chi connectivity index (χ4v) is 5.23. The van der Waals surface area contributed by atoms with E-state index < -0.39 is 81.7 Å². The fraction of sp³-hybridized carbons (Fsp3) is 0.162. The number of aryl methyl sites for hydroxylation is 1. The van der Waals surface area contributed by atoms with E-state index in [2.05, 4.69) is 0 Å². The molecule has 3 aromatic rings. The Hall–Kier alpha value is -7.03. The zero-order valence-corrected chi connectivity index (χ0v) is 27.9. The van der Waals surface area contributed by atoms with Crippen molar-refractivity contribution in [3.05, 3.63) is 104 Å². The second-order valence-electron chi connectivity index (χ2n) is 11.5. The third-order valence-electron chi connectivity index (χ3n) is 7.78. The minimum atomic E-state index is -1.60. The molecule has 0 bridgehead atoms. The molecule has 5 N–H and O–H groups in total. The first-order valence-electron chi connectivity index (χ1n) is 15.1. The minimum absolute atomic E-state index is 0.0762. The van der Waals surface area contributed by atoms with Crippen LogP contribution in [0.1, 0.15) is 84.0 Å². The number of aromatic hydroxyl groups is 2. The van der Waals surface area contributed by atoms with Gasteiger partial charge in [-0.3, -0.25) is 14.4 Å². The van der Waals surface area contributed by atoms with Crippen LogP contribution in [0.4, 0.5) is 0 Å². The number of hydrogen-bond acceptors (Lipinski definition) is 13. The van der Waals surface area contributed by atoms with Crippen LogP contribution in [-0.2, 0) is 25.7 Å². The predicted octanol–water partition coefficient (Wildman–Crippen LogP) is 5.31. The third-order valence-corrected chi connectivity index (χ3v) is 7.78. The number of aromatic carboxylic acids is 1. The number of carboxylic acid groups (broad SMARTS) is 2. The lowest BCUT2D eigenvalue weighted by Crippen LogP contribution is -2.23. The molecule has 268 valence electrons. The Labute approximate surface area is 294 Å². The highest BCUT2D eigenvalue weighted by Gasteiger charge is 2.36. The zero-order chi connectivity index (χ0) is 38.6. The van der Waals surface area contributed by atoms with Gasteiger partial charge in [0.2, 0.25) is 11.6 Å². The summed E-state index contributed by atoms with van der Waals surface area (Å²) in [5.41, 5.74) is 0.137. The maximum Gasteiger partial charge on any atom is 0.347 e. The summed E-state index contributed by atoms with van der Waals surface area (Å²) in [6.45, 7) is 5.64. The molecule has 0 saturated carbocycles. The molecule has 0 aromatic heterocycles. The number of carbonyl (C=O) groups is 7. The number of aldehydes is 1. The molecule has 15 nitrogen and oxygen atoms in total. The number of ketones is 2. The van der Waals surface area contributed by atoms with Gasteiger partial charge in [-0.15, -0.1) is 0 Å². The number of hydrogen-bond donors (Lipinski definition) is 5. The molecule has 1 aliphatic heterocycles. The average Bonchev–Trinajstić information content (AvgIpc) is 3.23. The number of aliphatic carboxylic acids is 1. The van der Waals surface area contributed by atoms with E-state index in [0.717, 1.165) is 11.6 Å². The van der Waals surface area contributed by atoms with Crippen molar-refractivity contribution in [3.8, 4) is 28.7 Å². The van der Waals surface area contributed by atoms with Crippen LogP contribution in [0.2, 0.25) is 0 Å². The minimum Gasteiger partial charge on any atom is -0.507 e. The number of fused-ring (bicyclic) bond motifs is 3. The first-order valence-corrected chi connectivity index (χ1v) is 15.1. The lowest BCUT2D eigenvalue weighted by molar-refractivity contribution is -0.139. The number of Topliss-reactive ketones (excluding diaryl/α,β-unsaturated/α-hetero) is 2. The number of benzene rings is 3. The van der Waals surface area contributed by atoms with Gasteiger partial charge in [0.25, 0.3) is 0 Å². The van der Waals surface area contributed by atoms with Gasteiger partial charge in [-0.05, 0) is 45.7 Å². The Bertz CT molecular complexity index is 2180. The van der Waals surface area contributed by atoms with Crippen molar-refractivity contribution in [2.45, 2.75) is 40.7 Å². The van der Waals surface area contributed by atoms with Gasteiger partial charge in [0.05, 0.1) is 11.1 Å². The molecule has 1 heterocycles. The third kappa shape index (κ3) is 7.42. The topological polar surface area (TPSA) is 248 Å². The molecule has 0 amide bonds. The van der Waals surface area contributed by atoms with E-state index in [4.69, 9.17) is 19.3 Å². The normalized spacial score (nSPS) is 13.0. The molecule has 0 unspecified atom stereocenters. The Morgan fingerprint density at radius 1 is 0.865 bits per heavy atom. The molecule has 0 radical (unpaired) electrons. The summed E-state index contributed by atoms with van der Waals surface area (Å²) >= 11 is 0. The second kappa shape index (κ2) is 15.2. The van der Waals surface area contributed by atoms with Crippen molar-refractivity contribution in [1.29, 1.82) is 0 Å². The molecule has 0 saturated heterocycles. The van der Waals surface area contributed by atoms with Gasteiger partial charge in [-0.2, -0.15) is 0 Å². The van der Waals surface area contributed by atoms with Crippen LogP contribution < -0.4 is 9.47 Å². The van der Waals surface area contributed by atoms with E-state index in [-0.39, 0.29) is 52.0 Å². The molecule has 0 fully saturated rings. The second-order valence-corrected chi connectivity index (χ2v) is 11.5. The number of aliphatic hydroxyl groups excluding tert-OH is 1. The average molecular weight is 715 g/mol. The molecule has 3 aromatic carbocycles. The number of carboxylic acids is 2. The first kappa shape index (κ1) is 37.8. The number of ether oxygens (including phenoxy) is 3. The van der Waals surface area contributed by atoms with Crippen LogP contribution in [0, 0.1) is 13.8 Å². The van der Waals surface area contributed by atoms with E-state index in [9.17, 15) is 54.0 Å². The van der Waals surface area contributed by atoms with Gasteiger partial charge in [0.15, 0.2) is 23.5 Å². The lowest BCUT2D eigenvalue weighted by Gasteiger charge is -2.18. The highest BCUT2D eigenvalue weighted by molar-refractivity contribution is 6.52. The van der Waals surface area contributed by atoms with Gasteiger partial charge >= 0.3 is 23.9 Å². The van der Waals surface area contributed by atoms with E-state index in [0.29, 0.717) is 17.7 Å². The largest absolute Gasteiger partial charge is 0.507 e. The molecule has 1 aliphatic carbocycles. The van der Waals surface area contributed by atoms with Crippen molar-refractivity contribution < 1.29 is 73.3 Å². The molecule has 0 spiro atoms. The van der Waals surface area contributed by atoms with Crippen LogP contribution in [0.3, 0.4) is 0 Å². The summed E-state index contributed by atoms with van der Waals surface area (Å²) < 4.78 is 15.9. The van der Waals surface area contributed by atoms with Crippen molar-refractivity contribution >= 4 is 47.5 Å². The Morgan fingerprint density at radius 3 is 2.12 bits per heavy atom. The lowest BCUT2D eigenvalue weighted by atomic mass is 9.87. The molecular formula is C37H30O15. The van der Waals surface area contributed by atoms with Gasteiger partial charge in [-0.1, -0.05) is 35.9 Å². The van der Waals surface area contributed by atoms with E-state index >= 15 is 0 Å². The Balaban J connectivity index is 0.000000281. The number of phenolic OH excluding ortho intramolecular Hbond substituents is 1. The zero-order valence-electron chi connectivity index (χ0n) is 27.9. The maximum atomic E-state index is 12.9. The van der Waals surface area contributed by atoms with E-state index in [1.165, 1.54) is 13.8 Å². The Morgan fingerprint density at radius 2 is 1.52 bits per heavy atom. The fourth-order valence-electron chi connectivity index (χ4n) is 5.23. The number of rotatable bonds is 8. The molecule has 2 aliphatic rings. The van der Waals surface area contributed by atoms with E-state index in [1.54, 1.807) is 24.3 Å². The highest BCUT2D eigenvalue weighted by Crippen LogP contribution is 2.50. The first-order chi connectivity index (χ1) is 24.5. The molecule has 0 atom stereocenters. The van der Waals surface area contributed by atoms with Gasteiger partial charge in [-0.25, -0.2) is 19.2 Å². The molecule has 15 heteroatoms. The van der Waals surface area contributed by atoms with Crippen LogP contribution >= 0.6 is 0 Å². The number of esters is 2.